The van der Waals surface area contributed by atoms with Crippen LogP contribution in [0.3, 0.4) is 0 Å². The summed E-state index contributed by atoms with van der Waals surface area (Å²) in [7, 11) is 0. The normalized spacial score (nSPS) is 12.2. The molecule has 0 radical (unpaired) electrons. The number of hydrogen-bond acceptors (Lipinski definition) is 3. The number of carbonyl (C=O) groups is 1. The smallest absolute Gasteiger partial charge is 0.259 e. The third-order valence-electron chi connectivity index (χ3n) is 5.28. The van der Waals surface area contributed by atoms with Crippen LogP contribution in [0.15, 0.2) is 60.3 Å². The van der Waals surface area contributed by atoms with Crippen LogP contribution in [-0.2, 0) is 0 Å². The molecular formula is C28H30N2O2. The van der Waals surface area contributed by atoms with Crippen molar-refractivity contribution in [3.63, 3.8) is 0 Å². The van der Waals surface area contributed by atoms with Gasteiger partial charge in [-0.2, -0.15) is 5.26 Å². The van der Waals surface area contributed by atoms with Gasteiger partial charge in [0.2, 0.25) is 0 Å². The molecular weight excluding hydrogens is 396 g/mol. The Morgan fingerprint density at radius 2 is 1.69 bits per heavy atom. The molecule has 0 spiro atoms. The van der Waals surface area contributed by atoms with E-state index in [1.54, 1.807) is 0 Å². The lowest BCUT2D eigenvalue weighted by Crippen LogP contribution is -2.31. The predicted molar refractivity (Wildman–Crippen MR) is 130 cm³/mol. The largest absolute Gasteiger partial charge is 0.493 e. The molecule has 1 N–H and O–H groups in total. The zero-order valence-electron chi connectivity index (χ0n) is 19.7. The Morgan fingerprint density at radius 1 is 1.03 bits per heavy atom. The van der Waals surface area contributed by atoms with Gasteiger partial charge in [-0.25, -0.2) is 0 Å². The first-order valence-electron chi connectivity index (χ1n) is 10.8. The van der Waals surface area contributed by atoms with Gasteiger partial charge < -0.3 is 10.1 Å². The highest BCUT2D eigenvalue weighted by atomic mass is 16.5. The molecule has 4 heteroatoms. The lowest BCUT2D eigenvalue weighted by molar-refractivity contribution is 0.0956. The fourth-order valence-corrected chi connectivity index (χ4v) is 3.95. The minimum absolute atomic E-state index is 0.285. The van der Waals surface area contributed by atoms with Crippen LogP contribution in [0.2, 0.25) is 0 Å². The molecule has 164 valence electrons. The van der Waals surface area contributed by atoms with Gasteiger partial charge in [-0.3, -0.25) is 4.79 Å². The molecule has 0 unspecified atom stereocenters. The molecule has 0 bridgehead atoms. The van der Waals surface area contributed by atoms with E-state index in [0.29, 0.717) is 29.2 Å². The first kappa shape index (κ1) is 23.1. The SMILES string of the molecule is CCOc1ccc2ccccc2c1C(=O)N/C(=C(/C#N)c1cc(C)cc(C)c1)C(C)(C)C. The van der Waals surface area contributed by atoms with Gasteiger partial charge in [0.1, 0.15) is 11.8 Å². The summed E-state index contributed by atoms with van der Waals surface area (Å²) in [5.41, 5.74) is 4.01. The van der Waals surface area contributed by atoms with Crippen molar-refractivity contribution < 1.29 is 9.53 Å². The fourth-order valence-electron chi connectivity index (χ4n) is 3.95. The predicted octanol–water partition coefficient (Wildman–Crippen LogP) is 6.57. The average molecular weight is 427 g/mol. The van der Waals surface area contributed by atoms with E-state index in [-0.39, 0.29) is 5.91 Å². The Kier molecular flexibility index (Phi) is 6.69. The molecule has 0 aliphatic rings. The average Bonchev–Trinajstić information content (AvgIpc) is 2.72. The molecule has 0 aliphatic carbocycles. The number of amides is 1. The summed E-state index contributed by atoms with van der Waals surface area (Å²) in [4.78, 5) is 13.7. The van der Waals surface area contributed by atoms with Gasteiger partial charge in [-0.15, -0.1) is 0 Å². The Morgan fingerprint density at radius 3 is 2.28 bits per heavy atom. The van der Waals surface area contributed by atoms with Crippen LogP contribution in [0, 0.1) is 30.6 Å². The van der Waals surface area contributed by atoms with Gasteiger partial charge in [0.05, 0.1) is 17.7 Å². The Labute approximate surface area is 190 Å². The first-order chi connectivity index (χ1) is 15.2. The number of nitrogens with one attached hydrogen (secondary N) is 1. The first-order valence-corrected chi connectivity index (χ1v) is 10.8. The highest BCUT2D eigenvalue weighted by molar-refractivity contribution is 6.10. The number of benzene rings is 3. The van der Waals surface area contributed by atoms with Crippen molar-refractivity contribution in [1.82, 2.24) is 5.32 Å². The van der Waals surface area contributed by atoms with E-state index < -0.39 is 5.41 Å². The molecule has 0 aliphatic heterocycles. The van der Waals surface area contributed by atoms with E-state index in [1.807, 2.05) is 90.1 Å². The van der Waals surface area contributed by atoms with Gasteiger partial charge in [0, 0.05) is 11.1 Å². The molecule has 4 nitrogen and oxygen atoms in total. The maximum absolute atomic E-state index is 13.7. The number of rotatable bonds is 5. The minimum Gasteiger partial charge on any atom is -0.493 e. The quantitative estimate of drug-likeness (QED) is 0.470. The van der Waals surface area contributed by atoms with Gasteiger partial charge in [0.15, 0.2) is 0 Å². The van der Waals surface area contributed by atoms with Crippen molar-refractivity contribution in [2.45, 2.75) is 41.5 Å². The number of aryl methyl sites for hydroxylation is 2. The van der Waals surface area contributed by atoms with Crippen LogP contribution in [0.1, 0.15) is 54.7 Å². The molecule has 3 rings (SSSR count). The van der Waals surface area contributed by atoms with Crippen LogP contribution in [0.4, 0.5) is 0 Å². The number of allylic oxidation sites excluding steroid dienone is 2. The number of nitrogens with zero attached hydrogens (tertiary/aromatic N) is 1. The number of ether oxygens (including phenoxy) is 1. The summed E-state index contributed by atoms with van der Waals surface area (Å²) in [6.07, 6.45) is 0. The summed E-state index contributed by atoms with van der Waals surface area (Å²) in [5.74, 6) is 0.245. The highest BCUT2D eigenvalue weighted by Gasteiger charge is 2.27. The maximum atomic E-state index is 13.7. The lowest BCUT2D eigenvalue weighted by atomic mass is 9.85. The van der Waals surface area contributed by atoms with E-state index in [1.165, 1.54) is 0 Å². The Balaban J connectivity index is 2.19. The van der Waals surface area contributed by atoms with Crippen LogP contribution in [0.25, 0.3) is 16.3 Å². The van der Waals surface area contributed by atoms with Crippen LogP contribution in [0.5, 0.6) is 5.75 Å². The van der Waals surface area contributed by atoms with Gasteiger partial charge in [-0.05, 0) is 43.2 Å². The van der Waals surface area contributed by atoms with Crippen molar-refractivity contribution >= 4 is 22.3 Å². The molecule has 32 heavy (non-hydrogen) atoms. The molecule has 3 aromatic rings. The zero-order valence-corrected chi connectivity index (χ0v) is 19.7. The van der Waals surface area contributed by atoms with Crippen LogP contribution in [-0.4, -0.2) is 12.5 Å². The summed E-state index contributed by atoms with van der Waals surface area (Å²) >= 11 is 0. The van der Waals surface area contributed by atoms with Crippen molar-refractivity contribution in [3.05, 3.63) is 82.5 Å². The van der Waals surface area contributed by atoms with Crippen molar-refractivity contribution in [2.24, 2.45) is 5.41 Å². The Bertz CT molecular complexity index is 1220. The maximum Gasteiger partial charge on any atom is 0.259 e. The molecule has 0 fully saturated rings. The topological polar surface area (TPSA) is 62.1 Å². The van der Waals surface area contributed by atoms with E-state index >= 15 is 0 Å². The number of hydrogen-bond donors (Lipinski definition) is 1. The zero-order chi connectivity index (χ0) is 23.5. The second-order valence-corrected chi connectivity index (χ2v) is 9.04. The molecule has 3 aromatic carbocycles. The highest BCUT2D eigenvalue weighted by Crippen LogP contribution is 2.33. The van der Waals surface area contributed by atoms with E-state index in [2.05, 4.69) is 17.5 Å². The van der Waals surface area contributed by atoms with Gasteiger partial charge >= 0.3 is 0 Å². The Hall–Kier alpha value is -3.58. The van der Waals surface area contributed by atoms with Crippen molar-refractivity contribution in [1.29, 1.82) is 5.26 Å². The fraction of sp³-hybridized carbons (Fsp3) is 0.286. The summed E-state index contributed by atoms with van der Waals surface area (Å²) in [6, 6.07) is 19.9. The number of nitriles is 1. The van der Waals surface area contributed by atoms with E-state index in [4.69, 9.17) is 4.74 Å². The molecule has 0 saturated heterocycles. The van der Waals surface area contributed by atoms with Gasteiger partial charge in [0.25, 0.3) is 5.91 Å². The summed E-state index contributed by atoms with van der Waals surface area (Å²) < 4.78 is 5.79. The molecule has 0 aromatic heterocycles. The molecule has 0 saturated carbocycles. The van der Waals surface area contributed by atoms with Crippen molar-refractivity contribution in [3.8, 4) is 11.8 Å². The van der Waals surface area contributed by atoms with E-state index in [0.717, 1.165) is 27.5 Å². The van der Waals surface area contributed by atoms with Crippen LogP contribution >= 0.6 is 0 Å². The molecule has 1 amide bonds. The molecule has 0 heterocycles. The monoisotopic (exact) mass is 426 g/mol. The summed E-state index contributed by atoms with van der Waals surface area (Å²) in [5, 5.41) is 15.0. The van der Waals surface area contributed by atoms with E-state index in [9.17, 15) is 10.1 Å². The van der Waals surface area contributed by atoms with Crippen molar-refractivity contribution in [2.75, 3.05) is 6.61 Å². The number of fused-ring (bicyclic) bond motifs is 1. The van der Waals surface area contributed by atoms with Crippen LogP contribution < -0.4 is 10.1 Å². The second-order valence-electron chi connectivity index (χ2n) is 9.04. The summed E-state index contributed by atoms with van der Waals surface area (Å²) in [6.45, 7) is 12.3. The minimum atomic E-state index is -0.464. The third-order valence-corrected chi connectivity index (χ3v) is 5.28. The van der Waals surface area contributed by atoms with Gasteiger partial charge in [-0.1, -0.05) is 80.4 Å². The second kappa shape index (κ2) is 9.28. The number of carbonyl (C=O) groups excluding carboxylic acids is 1. The standard InChI is InChI=1S/C28H30N2O2/c1-7-32-24-13-12-20-10-8-9-11-22(20)25(24)27(31)30-26(28(4,5)6)23(17-29)21-15-18(2)14-19(3)16-21/h8-16H,7H2,1-6H3,(H,30,31)/b26-23-. The third kappa shape index (κ3) is 4.84. The molecule has 0 atom stereocenters. The lowest BCUT2D eigenvalue weighted by Gasteiger charge is -2.26.